The second kappa shape index (κ2) is 5.80. The fourth-order valence-electron chi connectivity index (χ4n) is 3.22. The van der Waals surface area contributed by atoms with Gasteiger partial charge >= 0.3 is 0 Å². The summed E-state index contributed by atoms with van der Waals surface area (Å²) in [5.74, 6) is 0.773. The van der Waals surface area contributed by atoms with Crippen molar-refractivity contribution < 1.29 is 0 Å². The number of aromatic nitrogens is 1. The summed E-state index contributed by atoms with van der Waals surface area (Å²) in [7, 11) is 0. The fraction of sp³-hybridized carbons (Fsp3) is 0.471. The molecule has 1 heterocycles. The third-order valence-electron chi connectivity index (χ3n) is 4.55. The van der Waals surface area contributed by atoms with Gasteiger partial charge in [0.2, 0.25) is 0 Å². The molecule has 20 heavy (non-hydrogen) atoms. The zero-order chi connectivity index (χ0) is 13.9. The highest BCUT2D eigenvalue weighted by atomic mass is 16.1. The number of rotatable bonds is 4. The predicted octanol–water partition coefficient (Wildman–Crippen LogP) is 3.20. The van der Waals surface area contributed by atoms with Crippen molar-refractivity contribution in [3.05, 3.63) is 46.2 Å². The van der Waals surface area contributed by atoms with Crippen LogP contribution in [0.2, 0.25) is 0 Å². The van der Waals surface area contributed by atoms with E-state index in [2.05, 4.69) is 17.2 Å². The Bertz CT molecular complexity index is 641. The van der Waals surface area contributed by atoms with Gasteiger partial charge in [-0.25, -0.2) is 0 Å². The van der Waals surface area contributed by atoms with Gasteiger partial charge in [0, 0.05) is 23.7 Å². The molecule has 0 saturated heterocycles. The van der Waals surface area contributed by atoms with E-state index in [4.69, 9.17) is 0 Å². The zero-order valence-electron chi connectivity index (χ0n) is 12.0. The quantitative estimate of drug-likeness (QED) is 0.896. The van der Waals surface area contributed by atoms with E-state index in [1.165, 1.54) is 25.7 Å². The molecule has 1 aromatic heterocycles. The summed E-state index contributed by atoms with van der Waals surface area (Å²) in [4.78, 5) is 15.0. The second-order valence-corrected chi connectivity index (χ2v) is 5.93. The molecular weight excluding hydrogens is 248 g/mol. The highest BCUT2D eigenvalue weighted by Crippen LogP contribution is 2.27. The smallest absolute Gasteiger partial charge is 0.252 e. The number of pyridine rings is 1. The molecule has 1 aliphatic rings. The van der Waals surface area contributed by atoms with Crippen molar-refractivity contribution in [3.63, 3.8) is 0 Å². The number of para-hydroxylation sites is 1. The van der Waals surface area contributed by atoms with Gasteiger partial charge in [-0.1, -0.05) is 31.0 Å². The van der Waals surface area contributed by atoms with Crippen molar-refractivity contribution in [2.45, 2.75) is 45.2 Å². The highest BCUT2D eigenvalue weighted by molar-refractivity contribution is 5.78. The molecule has 3 nitrogen and oxygen atoms in total. The summed E-state index contributed by atoms with van der Waals surface area (Å²) in [5.41, 5.74) is 1.76. The van der Waals surface area contributed by atoms with E-state index in [1.807, 2.05) is 30.3 Å². The predicted molar refractivity (Wildman–Crippen MR) is 82.8 cm³/mol. The Kier molecular flexibility index (Phi) is 3.88. The molecule has 106 valence electrons. The Morgan fingerprint density at radius 3 is 2.85 bits per heavy atom. The molecule has 1 saturated carbocycles. The maximum Gasteiger partial charge on any atom is 0.252 e. The van der Waals surface area contributed by atoms with E-state index < -0.39 is 0 Å². The summed E-state index contributed by atoms with van der Waals surface area (Å²) < 4.78 is 0. The van der Waals surface area contributed by atoms with Crippen LogP contribution < -0.4 is 10.9 Å². The second-order valence-electron chi connectivity index (χ2n) is 5.93. The van der Waals surface area contributed by atoms with Crippen LogP contribution in [0.1, 0.15) is 38.2 Å². The van der Waals surface area contributed by atoms with E-state index in [1.54, 1.807) is 0 Å². The number of aromatic amines is 1. The zero-order valence-corrected chi connectivity index (χ0v) is 12.0. The molecule has 0 bridgehead atoms. The van der Waals surface area contributed by atoms with Gasteiger partial charge in [-0.05, 0) is 43.2 Å². The molecule has 0 aliphatic heterocycles. The van der Waals surface area contributed by atoms with Gasteiger partial charge < -0.3 is 10.3 Å². The number of hydrogen-bond donors (Lipinski definition) is 2. The number of fused-ring (bicyclic) bond motifs is 1. The lowest BCUT2D eigenvalue weighted by Crippen LogP contribution is -2.33. The van der Waals surface area contributed by atoms with Crippen LogP contribution >= 0.6 is 0 Å². The molecule has 1 aromatic carbocycles. The molecule has 1 aliphatic carbocycles. The third kappa shape index (κ3) is 2.78. The van der Waals surface area contributed by atoms with Gasteiger partial charge in [0.05, 0.1) is 0 Å². The average Bonchev–Trinajstić information content (AvgIpc) is 2.99. The van der Waals surface area contributed by atoms with Crippen LogP contribution in [0.5, 0.6) is 0 Å². The molecule has 3 heteroatoms. The Hall–Kier alpha value is -1.61. The summed E-state index contributed by atoms with van der Waals surface area (Å²) in [6.45, 7) is 2.89. The Morgan fingerprint density at radius 2 is 2.05 bits per heavy atom. The van der Waals surface area contributed by atoms with Gasteiger partial charge in [0.15, 0.2) is 0 Å². The first kappa shape index (κ1) is 13.4. The van der Waals surface area contributed by atoms with E-state index >= 15 is 0 Å². The fourth-order valence-corrected chi connectivity index (χ4v) is 3.22. The van der Waals surface area contributed by atoms with Crippen LogP contribution in [0.4, 0.5) is 0 Å². The molecule has 1 fully saturated rings. The number of H-pyrrole nitrogens is 1. The first-order valence-electron chi connectivity index (χ1n) is 7.58. The minimum atomic E-state index is 0.0230. The monoisotopic (exact) mass is 270 g/mol. The molecule has 2 N–H and O–H groups in total. The normalized spacial score (nSPS) is 17.6. The summed E-state index contributed by atoms with van der Waals surface area (Å²) in [6.07, 6.45) is 5.35. The molecule has 0 unspecified atom stereocenters. The molecule has 0 amide bonds. The van der Waals surface area contributed by atoms with Crippen LogP contribution in [-0.4, -0.2) is 11.0 Å². The number of benzene rings is 1. The van der Waals surface area contributed by atoms with Gasteiger partial charge in [0.1, 0.15) is 0 Å². The van der Waals surface area contributed by atoms with Gasteiger partial charge in [0.25, 0.3) is 5.56 Å². The minimum absolute atomic E-state index is 0.0230. The minimum Gasteiger partial charge on any atom is -0.322 e. The van der Waals surface area contributed by atoms with Crippen molar-refractivity contribution >= 4 is 10.9 Å². The molecule has 1 atom stereocenters. The van der Waals surface area contributed by atoms with Gasteiger partial charge in [-0.2, -0.15) is 0 Å². The topological polar surface area (TPSA) is 44.9 Å². The SMILES string of the molecule is C[C@H](NCc1cc2ccccc2[nH]c1=O)C1CCCC1. The molecule has 2 aromatic rings. The van der Waals surface area contributed by atoms with Crippen LogP contribution in [-0.2, 0) is 6.54 Å². The molecular formula is C17H22N2O. The van der Waals surface area contributed by atoms with Gasteiger partial charge in [-0.15, -0.1) is 0 Å². The maximum absolute atomic E-state index is 12.1. The van der Waals surface area contributed by atoms with Gasteiger partial charge in [-0.3, -0.25) is 4.79 Å². The number of hydrogen-bond acceptors (Lipinski definition) is 2. The van der Waals surface area contributed by atoms with Crippen molar-refractivity contribution in [1.29, 1.82) is 0 Å². The van der Waals surface area contributed by atoms with E-state index in [0.717, 1.165) is 22.4 Å². The Balaban J connectivity index is 1.73. The third-order valence-corrected chi connectivity index (χ3v) is 4.55. The van der Waals surface area contributed by atoms with E-state index in [0.29, 0.717) is 12.6 Å². The van der Waals surface area contributed by atoms with Crippen molar-refractivity contribution in [2.24, 2.45) is 5.92 Å². The average molecular weight is 270 g/mol. The lowest BCUT2D eigenvalue weighted by molar-refractivity contribution is 0.380. The van der Waals surface area contributed by atoms with E-state index in [-0.39, 0.29) is 5.56 Å². The first-order valence-corrected chi connectivity index (χ1v) is 7.58. The summed E-state index contributed by atoms with van der Waals surface area (Å²) in [5, 5.41) is 4.62. The van der Waals surface area contributed by atoms with E-state index in [9.17, 15) is 4.79 Å². The Labute approximate surface area is 119 Å². The standard InChI is InChI=1S/C17H22N2O/c1-12(13-6-2-3-7-13)18-11-15-10-14-8-4-5-9-16(14)19-17(15)20/h4-5,8-10,12-13,18H,2-3,6-7,11H2,1H3,(H,19,20)/t12-/m0/s1. The van der Waals surface area contributed by atoms with Crippen molar-refractivity contribution in [3.8, 4) is 0 Å². The molecule has 0 radical (unpaired) electrons. The lowest BCUT2D eigenvalue weighted by atomic mass is 9.99. The maximum atomic E-state index is 12.1. The van der Waals surface area contributed by atoms with Crippen molar-refractivity contribution in [2.75, 3.05) is 0 Å². The first-order chi connectivity index (χ1) is 9.74. The van der Waals surface area contributed by atoms with Crippen LogP contribution in [0.3, 0.4) is 0 Å². The number of nitrogens with one attached hydrogen (secondary N) is 2. The van der Waals surface area contributed by atoms with Crippen LogP contribution in [0.15, 0.2) is 35.1 Å². The van der Waals surface area contributed by atoms with Crippen molar-refractivity contribution in [1.82, 2.24) is 10.3 Å². The summed E-state index contributed by atoms with van der Waals surface area (Å²) in [6, 6.07) is 10.4. The largest absolute Gasteiger partial charge is 0.322 e. The lowest BCUT2D eigenvalue weighted by Gasteiger charge is -2.20. The van der Waals surface area contributed by atoms with Crippen LogP contribution in [0, 0.1) is 5.92 Å². The highest BCUT2D eigenvalue weighted by Gasteiger charge is 2.21. The Morgan fingerprint density at radius 1 is 1.30 bits per heavy atom. The van der Waals surface area contributed by atoms with Crippen LogP contribution in [0.25, 0.3) is 10.9 Å². The molecule has 3 rings (SSSR count). The molecule has 0 spiro atoms. The summed E-state index contributed by atoms with van der Waals surface area (Å²) >= 11 is 0.